The smallest absolute Gasteiger partial charge is 0.511 e. The third-order valence-electron chi connectivity index (χ3n) is 4.57. The molecule has 0 radical (unpaired) electrons. The molecule has 5 N–H and O–H groups in total. The van der Waals surface area contributed by atoms with E-state index in [4.69, 9.17) is 33.3 Å². The quantitative estimate of drug-likeness (QED) is 0.151. The van der Waals surface area contributed by atoms with Crippen molar-refractivity contribution in [2.75, 3.05) is 0 Å². The fourth-order valence-corrected chi connectivity index (χ4v) is 2.91. The van der Waals surface area contributed by atoms with Gasteiger partial charge in [-0.1, -0.05) is 0 Å². The average Bonchev–Trinajstić information content (AvgIpc) is 2.61. The first kappa shape index (κ1) is 39.1. The second kappa shape index (κ2) is 9.54. The molecule has 0 aromatic carbocycles. The Morgan fingerprint density at radius 1 is 0.421 bits per heavy atom. The summed E-state index contributed by atoms with van der Waals surface area (Å²) in [5.41, 5.74) is -17.3. The molecule has 2 aliphatic rings. The Bertz CT molecular complexity index is 845. The molecule has 28 heteroatoms. The van der Waals surface area contributed by atoms with Crippen LogP contribution < -0.4 is 0 Å². The Balaban J connectivity index is 0. The number of alkyl halides is 18. The zero-order valence-corrected chi connectivity index (χ0v) is 17.7. The predicted molar refractivity (Wildman–Crippen MR) is 82.3 cm³/mol. The summed E-state index contributed by atoms with van der Waals surface area (Å²) in [5, 5.41) is 0. The number of fused-ring (bicyclic) bond motifs is 1. The first-order valence-corrected chi connectivity index (χ1v) is 10.5. The van der Waals surface area contributed by atoms with Gasteiger partial charge in [0, 0.05) is 0 Å². The Labute approximate surface area is 206 Å². The maximum Gasteiger partial charge on any atom is 0.761 e. The zero-order valence-electron chi connectivity index (χ0n) is 15.8. The van der Waals surface area contributed by atoms with Crippen molar-refractivity contribution in [2.45, 2.75) is 58.7 Å². The third-order valence-corrected chi connectivity index (χ3v) is 4.57. The van der Waals surface area contributed by atoms with Crippen LogP contribution in [0, 0.1) is 0 Å². The zero-order chi connectivity index (χ0) is 31.1. The van der Waals surface area contributed by atoms with Crippen LogP contribution in [0.25, 0.3) is 0 Å². The molecule has 0 spiro atoms. The first-order chi connectivity index (χ1) is 15.5. The summed E-state index contributed by atoms with van der Waals surface area (Å²) in [4.78, 5) is 35.9. The lowest BCUT2D eigenvalue weighted by molar-refractivity contribution is -0.560. The van der Waals surface area contributed by atoms with Crippen molar-refractivity contribution >= 4 is 34.4 Å². The molecule has 2 rings (SSSR count). The van der Waals surface area contributed by atoms with Gasteiger partial charge in [-0.05, 0) is 0 Å². The van der Waals surface area contributed by atoms with Gasteiger partial charge in [-0.3, -0.25) is 4.46 Å². The Morgan fingerprint density at radius 3 is 0.579 bits per heavy atom. The molecule has 0 heterocycles. The first-order valence-electron chi connectivity index (χ1n) is 7.59. The number of halogens is 18. The largest absolute Gasteiger partial charge is 0.761 e. The van der Waals surface area contributed by atoms with E-state index in [2.05, 4.69) is 0 Å². The maximum atomic E-state index is 14.2. The number of phosphoric acid groups is 1. The highest BCUT2D eigenvalue weighted by atomic mass is 31.2. The highest BCUT2D eigenvalue weighted by molar-refractivity contribution is 7.45. The lowest BCUT2D eigenvalue weighted by Gasteiger charge is -2.63. The topological polar surface area (TPSA) is 135 Å². The standard InChI is InChI=1S/C10F18.Al.H3O4P.H2O3Si.3H/c11-1-2(12,5(17,18)9(25,26)7(21,22)3(1,13)14)6(19,20)10(27,28)8(23,24)4(1,15)16;;1-5(2,3)4;1-4(2)3;;;/h;;(H3,1,2,3,4);1-2H;;;. The molecule has 228 valence electrons. The predicted octanol–water partition coefficient (Wildman–Crippen LogP) is 1.79. The molecule has 0 aromatic rings. The molecule has 0 aliphatic heterocycles. The van der Waals surface area contributed by atoms with E-state index in [-0.39, 0.29) is 17.4 Å². The van der Waals surface area contributed by atoms with Crippen LogP contribution in [0.2, 0.25) is 0 Å². The van der Waals surface area contributed by atoms with Crippen molar-refractivity contribution in [3.05, 3.63) is 0 Å². The molecular formula is C10H8AlF18O7PSi. The van der Waals surface area contributed by atoms with Crippen LogP contribution in [0.4, 0.5) is 79.0 Å². The van der Waals surface area contributed by atoms with Crippen molar-refractivity contribution in [2.24, 2.45) is 0 Å². The van der Waals surface area contributed by atoms with Crippen molar-refractivity contribution < 1.29 is 112 Å². The minimum atomic E-state index is -8.64. The molecule has 0 bridgehead atoms. The van der Waals surface area contributed by atoms with Crippen LogP contribution in [-0.2, 0) is 9.03 Å². The summed E-state index contributed by atoms with van der Waals surface area (Å²) in [5.74, 6) is -66.8. The number of hydrogen-bond acceptors (Lipinski definition) is 2. The van der Waals surface area contributed by atoms with Crippen LogP contribution in [0.5, 0.6) is 0 Å². The van der Waals surface area contributed by atoms with Crippen molar-refractivity contribution in [3.63, 3.8) is 0 Å². The summed E-state index contributed by atoms with van der Waals surface area (Å²) in [6, 6.07) is 0. The van der Waals surface area contributed by atoms with E-state index in [1.807, 2.05) is 0 Å². The van der Waals surface area contributed by atoms with Crippen LogP contribution in [0.3, 0.4) is 0 Å². The lowest BCUT2D eigenvalue weighted by atomic mass is 9.54. The normalized spacial score (nSPS) is 33.9. The molecule has 0 unspecified atom stereocenters. The van der Waals surface area contributed by atoms with Crippen molar-refractivity contribution in [3.8, 4) is 0 Å². The van der Waals surface area contributed by atoms with E-state index in [0.717, 1.165) is 0 Å². The molecule has 2 fully saturated rings. The molecule has 38 heavy (non-hydrogen) atoms. The second-order valence-corrected chi connectivity index (χ2v) is 8.30. The van der Waals surface area contributed by atoms with Gasteiger partial charge in [-0.15, -0.1) is 0 Å². The minimum absolute atomic E-state index is 0. The van der Waals surface area contributed by atoms with Gasteiger partial charge in [-0.2, -0.15) is 70.2 Å². The van der Waals surface area contributed by atoms with Gasteiger partial charge in [0.05, 0.1) is 0 Å². The van der Waals surface area contributed by atoms with Gasteiger partial charge < -0.3 is 24.3 Å². The summed E-state index contributed by atoms with van der Waals surface area (Å²) in [7, 11) is -7.77. The van der Waals surface area contributed by atoms with E-state index in [0.29, 0.717) is 0 Å². The fraction of sp³-hybridized carbons (Fsp3) is 1.00. The van der Waals surface area contributed by atoms with Gasteiger partial charge in [-0.25, -0.2) is 13.3 Å². The Hall–Kier alpha value is -1.00. The van der Waals surface area contributed by atoms with E-state index >= 15 is 0 Å². The second-order valence-electron chi connectivity index (χ2n) is 6.71. The molecular weight excluding hydrogens is 660 g/mol. The Kier molecular flexibility index (Phi) is 9.82. The highest BCUT2D eigenvalue weighted by Gasteiger charge is 3.15. The summed E-state index contributed by atoms with van der Waals surface area (Å²) < 4.78 is 258. The SMILES string of the molecule is FC1(F)C(F)(F)C(F)(F)C2(F)C(F)(F)C(F)(F)C(F)(F)C(F)(F)C2(F)C1(F)F.O=P(O)(O)O.O=[Si](O)O.[AlH3]. The molecule has 7 nitrogen and oxygen atoms in total. The minimum Gasteiger partial charge on any atom is -0.511 e. The van der Waals surface area contributed by atoms with Crippen molar-refractivity contribution in [1.82, 2.24) is 0 Å². The van der Waals surface area contributed by atoms with E-state index in [9.17, 15) is 79.0 Å². The van der Waals surface area contributed by atoms with Crippen LogP contribution >= 0.6 is 7.82 Å². The lowest BCUT2D eigenvalue weighted by Crippen LogP contribution is -2.98. The average molecular weight is 668 g/mol. The van der Waals surface area contributed by atoms with E-state index in [1.165, 1.54) is 0 Å². The highest BCUT2D eigenvalue weighted by Crippen LogP contribution is 2.81. The maximum absolute atomic E-state index is 14.2. The molecule has 2 saturated carbocycles. The van der Waals surface area contributed by atoms with Gasteiger partial charge in [0.25, 0.3) is 11.3 Å². The monoisotopic (exact) mass is 668 g/mol. The number of hydrogen-bond donors (Lipinski definition) is 5. The molecule has 0 atom stereocenters. The van der Waals surface area contributed by atoms with Gasteiger partial charge in [0.15, 0.2) is 17.4 Å². The fourth-order valence-electron chi connectivity index (χ4n) is 2.91. The summed E-state index contributed by atoms with van der Waals surface area (Å²) in [6.07, 6.45) is 0. The molecule has 0 amide bonds. The van der Waals surface area contributed by atoms with E-state index in [1.54, 1.807) is 0 Å². The van der Waals surface area contributed by atoms with Gasteiger partial charge in [0.2, 0.25) is 0 Å². The van der Waals surface area contributed by atoms with Crippen LogP contribution in [0.15, 0.2) is 0 Å². The van der Waals surface area contributed by atoms with Crippen LogP contribution in [-0.4, -0.2) is 110 Å². The molecule has 0 saturated heterocycles. The van der Waals surface area contributed by atoms with Crippen molar-refractivity contribution in [1.29, 1.82) is 0 Å². The molecule has 2 aliphatic carbocycles. The van der Waals surface area contributed by atoms with Gasteiger partial charge >= 0.3 is 64.4 Å². The third kappa shape index (κ3) is 4.21. The Morgan fingerprint density at radius 2 is 0.500 bits per heavy atom. The van der Waals surface area contributed by atoms with Gasteiger partial charge in [0.1, 0.15) is 0 Å². The van der Waals surface area contributed by atoms with E-state index < -0.39 is 75.7 Å². The molecule has 0 aromatic heterocycles. The summed E-state index contributed by atoms with van der Waals surface area (Å²) in [6.45, 7) is 0. The summed E-state index contributed by atoms with van der Waals surface area (Å²) >= 11 is 0. The van der Waals surface area contributed by atoms with Crippen LogP contribution in [0.1, 0.15) is 0 Å². The number of rotatable bonds is 0.